The molecule has 0 spiro atoms. The van der Waals surface area contributed by atoms with Gasteiger partial charge in [0.25, 0.3) is 5.91 Å². The fourth-order valence-corrected chi connectivity index (χ4v) is 3.30. The molecule has 6 nitrogen and oxygen atoms in total. The number of carbonyl (C=O) groups excluding carboxylic acids is 1. The number of carbonyl (C=O) groups is 1. The van der Waals surface area contributed by atoms with Crippen LogP contribution in [0.3, 0.4) is 0 Å². The highest BCUT2D eigenvalue weighted by atomic mass is 19.1. The molecule has 0 fully saturated rings. The smallest absolute Gasteiger partial charge is 0.330 e. The van der Waals surface area contributed by atoms with Crippen LogP contribution in [0.5, 0.6) is 0 Å². The number of halogens is 1. The van der Waals surface area contributed by atoms with Gasteiger partial charge in [-0.3, -0.25) is 9.36 Å². The number of hydrogen-bond donors (Lipinski definition) is 0. The largest absolute Gasteiger partial charge is 0.346 e. The Morgan fingerprint density at radius 1 is 0.963 bits per heavy atom. The van der Waals surface area contributed by atoms with E-state index in [4.69, 9.17) is 0 Å². The first-order chi connectivity index (χ1) is 13.1. The van der Waals surface area contributed by atoms with Crippen molar-refractivity contribution in [1.29, 1.82) is 0 Å². The maximum atomic E-state index is 13.4. The van der Waals surface area contributed by atoms with Crippen LogP contribution in [0.1, 0.15) is 21.7 Å². The van der Waals surface area contributed by atoms with Crippen molar-refractivity contribution < 1.29 is 9.18 Å². The normalized spacial score (nSPS) is 13.7. The first-order valence-electron chi connectivity index (χ1n) is 8.87. The molecule has 138 valence electrons. The van der Waals surface area contributed by atoms with Gasteiger partial charge in [-0.05, 0) is 29.7 Å². The Hall–Kier alpha value is -3.22. The molecule has 2 aromatic carbocycles. The Labute approximate surface area is 155 Å². The minimum absolute atomic E-state index is 0.149. The zero-order valence-electron chi connectivity index (χ0n) is 14.7. The second kappa shape index (κ2) is 7.19. The number of rotatable bonds is 5. The second-order valence-corrected chi connectivity index (χ2v) is 6.57. The van der Waals surface area contributed by atoms with Gasteiger partial charge in [-0.25, -0.2) is 13.9 Å². The highest BCUT2D eigenvalue weighted by Gasteiger charge is 2.29. The molecular weight excluding hydrogens is 347 g/mol. The molecular formula is C20H19FN4O2. The van der Waals surface area contributed by atoms with E-state index < -0.39 is 0 Å². The molecule has 0 saturated carbocycles. The van der Waals surface area contributed by atoms with Crippen molar-refractivity contribution in [2.75, 3.05) is 6.54 Å². The Kier molecular flexibility index (Phi) is 4.58. The molecule has 0 saturated heterocycles. The third-order valence-corrected chi connectivity index (χ3v) is 4.71. The van der Waals surface area contributed by atoms with Crippen LogP contribution in [-0.2, 0) is 26.1 Å². The molecule has 1 aliphatic heterocycles. The van der Waals surface area contributed by atoms with Crippen LogP contribution in [-0.4, -0.2) is 31.7 Å². The lowest BCUT2D eigenvalue weighted by molar-refractivity contribution is 0.0681. The first-order valence-corrected chi connectivity index (χ1v) is 8.87. The summed E-state index contributed by atoms with van der Waals surface area (Å²) < 4.78 is 16.2. The summed E-state index contributed by atoms with van der Waals surface area (Å²) in [6, 6.07) is 16.0. The van der Waals surface area contributed by atoms with Crippen LogP contribution >= 0.6 is 0 Å². The fourth-order valence-electron chi connectivity index (χ4n) is 3.30. The van der Waals surface area contributed by atoms with Gasteiger partial charge in [0.15, 0.2) is 0 Å². The molecule has 1 aromatic heterocycles. The van der Waals surface area contributed by atoms with Gasteiger partial charge in [0.2, 0.25) is 5.82 Å². The predicted octanol–water partition coefficient (Wildman–Crippen LogP) is 2.08. The molecule has 3 aromatic rings. The zero-order valence-corrected chi connectivity index (χ0v) is 14.7. The number of fused-ring (bicyclic) bond motifs is 1. The number of aryl methyl sites for hydroxylation is 2. The fraction of sp³-hybridized carbons (Fsp3) is 0.250. The minimum atomic E-state index is -0.334. The Morgan fingerprint density at radius 2 is 1.74 bits per heavy atom. The molecule has 1 aliphatic rings. The number of nitrogens with zero attached hydrogens (tertiary/aromatic N) is 4. The van der Waals surface area contributed by atoms with Gasteiger partial charge in [-0.1, -0.05) is 42.5 Å². The summed E-state index contributed by atoms with van der Waals surface area (Å²) in [5.41, 5.74) is 1.55. The Balaban J connectivity index is 1.51. The van der Waals surface area contributed by atoms with E-state index in [-0.39, 0.29) is 23.2 Å². The monoisotopic (exact) mass is 366 g/mol. The van der Waals surface area contributed by atoms with Crippen LogP contribution in [0.2, 0.25) is 0 Å². The number of benzene rings is 2. The third-order valence-electron chi connectivity index (χ3n) is 4.71. The summed E-state index contributed by atoms with van der Waals surface area (Å²) in [5, 5.41) is 4.26. The van der Waals surface area contributed by atoms with Crippen LogP contribution in [0.4, 0.5) is 4.39 Å². The standard InChI is InChI=1S/C20H19FN4O2/c21-17-8-4-7-16(13-17)14-23-11-12-24-18(19(23)26)22-25(20(24)27)10-9-15-5-2-1-3-6-15/h1-8,13H,9-12,14H2. The maximum absolute atomic E-state index is 13.4. The van der Waals surface area contributed by atoms with E-state index in [0.29, 0.717) is 38.2 Å². The number of aromatic nitrogens is 3. The lowest BCUT2D eigenvalue weighted by atomic mass is 10.2. The summed E-state index contributed by atoms with van der Waals surface area (Å²) in [7, 11) is 0. The van der Waals surface area contributed by atoms with Crippen molar-refractivity contribution in [3.63, 3.8) is 0 Å². The van der Waals surface area contributed by atoms with E-state index in [1.807, 2.05) is 30.3 Å². The van der Waals surface area contributed by atoms with E-state index in [0.717, 1.165) is 5.56 Å². The van der Waals surface area contributed by atoms with Crippen molar-refractivity contribution in [3.8, 4) is 0 Å². The number of amides is 1. The van der Waals surface area contributed by atoms with Gasteiger partial charge in [0.1, 0.15) is 5.82 Å². The lowest BCUT2D eigenvalue weighted by Crippen LogP contribution is -2.42. The van der Waals surface area contributed by atoms with Crippen molar-refractivity contribution in [3.05, 3.63) is 87.9 Å². The Morgan fingerprint density at radius 3 is 2.52 bits per heavy atom. The van der Waals surface area contributed by atoms with Crippen LogP contribution < -0.4 is 5.69 Å². The van der Waals surface area contributed by atoms with E-state index in [9.17, 15) is 14.0 Å². The highest BCUT2D eigenvalue weighted by Crippen LogP contribution is 2.14. The summed E-state index contributed by atoms with van der Waals surface area (Å²) >= 11 is 0. The van der Waals surface area contributed by atoms with Gasteiger partial charge in [0.05, 0.1) is 6.54 Å². The summed E-state index contributed by atoms with van der Waals surface area (Å²) in [4.78, 5) is 26.9. The van der Waals surface area contributed by atoms with E-state index in [1.165, 1.54) is 21.4 Å². The quantitative estimate of drug-likeness (QED) is 0.695. The highest BCUT2D eigenvalue weighted by molar-refractivity contribution is 5.91. The van der Waals surface area contributed by atoms with Gasteiger partial charge in [0, 0.05) is 19.6 Å². The molecule has 0 atom stereocenters. The summed E-state index contributed by atoms with van der Waals surface area (Å²) in [6.07, 6.45) is 0.665. The van der Waals surface area contributed by atoms with Crippen molar-refractivity contribution >= 4 is 5.91 Å². The first kappa shape index (κ1) is 17.2. The SMILES string of the molecule is O=C1c2nn(CCc3ccccc3)c(=O)n2CCN1Cc1cccc(F)c1. The number of hydrogen-bond acceptors (Lipinski definition) is 3. The lowest BCUT2D eigenvalue weighted by Gasteiger charge is -2.26. The molecule has 0 unspecified atom stereocenters. The molecule has 27 heavy (non-hydrogen) atoms. The van der Waals surface area contributed by atoms with Gasteiger partial charge in [-0.15, -0.1) is 5.10 Å². The zero-order chi connectivity index (χ0) is 18.8. The van der Waals surface area contributed by atoms with Gasteiger partial charge >= 0.3 is 5.69 Å². The van der Waals surface area contributed by atoms with Crippen LogP contribution in [0, 0.1) is 5.82 Å². The van der Waals surface area contributed by atoms with Gasteiger partial charge < -0.3 is 4.90 Å². The molecule has 0 aliphatic carbocycles. The van der Waals surface area contributed by atoms with Crippen molar-refractivity contribution in [1.82, 2.24) is 19.2 Å². The average molecular weight is 366 g/mol. The molecule has 1 amide bonds. The molecule has 2 heterocycles. The second-order valence-electron chi connectivity index (χ2n) is 6.57. The maximum Gasteiger partial charge on any atom is 0.346 e. The Bertz CT molecular complexity index is 1030. The van der Waals surface area contributed by atoms with E-state index >= 15 is 0 Å². The summed E-state index contributed by atoms with van der Waals surface area (Å²) in [6.45, 7) is 1.49. The predicted molar refractivity (Wildman–Crippen MR) is 97.8 cm³/mol. The third kappa shape index (κ3) is 3.53. The van der Waals surface area contributed by atoms with E-state index in [1.54, 1.807) is 17.0 Å². The molecule has 7 heteroatoms. The summed E-state index contributed by atoms with van der Waals surface area (Å²) in [5.74, 6) is -0.490. The van der Waals surface area contributed by atoms with Crippen LogP contribution in [0.15, 0.2) is 59.4 Å². The minimum Gasteiger partial charge on any atom is -0.330 e. The van der Waals surface area contributed by atoms with Crippen molar-refractivity contribution in [2.45, 2.75) is 26.1 Å². The van der Waals surface area contributed by atoms with Crippen molar-refractivity contribution in [2.24, 2.45) is 0 Å². The van der Waals surface area contributed by atoms with Crippen LogP contribution in [0.25, 0.3) is 0 Å². The molecule has 4 rings (SSSR count). The topological polar surface area (TPSA) is 60.1 Å². The van der Waals surface area contributed by atoms with Gasteiger partial charge in [-0.2, -0.15) is 0 Å². The molecule has 0 N–H and O–H groups in total. The van der Waals surface area contributed by atoms with E-state index in [2.05, 4.69) is 5.10 Å². The molecule has 0 radical (unpaired) electrons. The average Bonchev–Trinajstić information content (AvgIpc) is 3.00. The molecule has 0 bridgehead atoms.